The molecule has 1 aromatic rings. The number of hydrogen-bond donors (Lipinski definition) is 0. The standard InChI is InChI=1S/C8H8NO/c1-6-3-8(7(2)10)5-9-4-6/h3-5H,1H2,2H3. The molecule has 2 heteroatoms. The van der Waals surface area contributed by atoms with Crippen molar-refractivity contribution in [1.82, 2.24) is 4.98 Å². The van der Waals surface area contributed by atoms with E-state index in [1.165, 1.54) is 13.1 Å². The average Bonchev–Trinajstić information content (AvgIpc) is 1.88. The number of carbonyl (C=O) groups excluding carboxylic acids is 1. The Balaban J connectivity index is 3.07. The maximum absolute atomic E-state index is 10.7. The lowest BCUT2D eigenvalue weighted by Gasteiger charge is -1.93. The summed E-state index contributed by atoms with van der Waals surface area (Å²) in [6.07, 6.45) is 3.16. The molecule has 1 aromatic heterocycles. The minimum absolute atomic E-state index is 0.0259. The second-order valence-corrected chi connectivity index (χ2v) is 2.14. The average molecular weight is 134 g/mol. The molecule has 51 valence electrons. The molecule has 0 saturated heterocycles. The molecule has 0 amide bonds. The van der Waals surface area contributed by atoms with Crippen LogP contribution >= 0.6 is 0 Å². The van der Waals surface area contributed by atoms with E-state index in [1.807, 2.05) is 0 Å². The fourth-order valence-electron chi connectivity index (χ4n) is 0.680. The number of Topliss-reactive ketones (excluding diaryl/α,β-unsaturated/α-hetero) is 1. The summed E-state index contributed by atoms with van der Waals surface area (Å²) in [6, 6.07) is 1.72. The molecular weight excluding hydrogens is 126 g/mol. The van der Waals surface area contributed by atoms with E-state index in [1.54, 1.807) is 12.3 Å². The van der Waals surface area contributed by atoms with Gasteiger partial charge >= 0.3 is 0 Å². The number of nitrogens with zero attached hydrogens (tertiary/aromatic N) is 1. The van der Waals surface area contributed by atoms with Crippen LogP contribution in [0.3, 0.4) is 0 Å². The molecule has 1 rings (SSSR count). The first-order valence-electron chi connectivity index (χ1n) is 2.98. The molecule has 0 N–H and O–H groups in total. The van der Waals surface area contributed by atoms with Gasteiger partial charge in [-0.1, -0.05) is 0 Å². The van der Waals surface area contributed by atoms with Crippen LogP contribution in [0.4, 0.5) is 0 Å². The third-order valence-electron chi connectivity index (χ3n) is 1.20. The Morgan fingerprint density at radius 3 is 2.70 bits per heavy atom. The predicted octanol–water partition coefficient (Wildman–Crippen LogP) is 1.47. The van der Waals surface area contributed by atoms with E-state index in [9.17, 15) is 4.79 Å². The fraction of sp³-hybridized carbons (Fsp3) is 0.125. The lowest BCUT2D eigenvalue weighted by molar-refractivity contribution is 0.101. The van der Waals surface area contributed by atoms with Gasteiger partial charge in [-0.2, -0.15) is 0 Å². The second kappa shape index (κ2) is 2.60. The van der Waals surface area contributed by atoms with Gasteiger partial charge in [-0.25, -0.2) is 0 Å². The number of aromatic nitrogens is 1. The van der Waals surface area contributed by atoms with Gasteiger partial charge in [0.05, 0.1) is 0 Å². The van der Waals surface area contributed by atoms with E-state index in [4.69, 9.17) is 0 Å². The van der Waals surface area contributed by atoms with Crippen molar-refractivity contribution in [3.05, 3.63) is 36.5 Å². The molecule has 2 nitrogen and oxygen atoms in total. The third-order valence-corrected chi connectivity index (χ3v) is 1.20. The highest BCUT2D eigenvalue weighted by Crippen LogP contribution is 2.00. The van der Waals surface area contributed by atoms with Gasteiger partial charge in [0.2, 0.25) is 0 Å². The number of carbonyl (C=O) groups is 1. The third kappa shape index (κ3) is 1.41. The summed E-state index contributed by atoms with van der Waals surface area (Å²) in [4.78, 5) is 14.6. The van der Waals surface area contributed by atoms with E-state index in [-0.39, 0.29) is 5.78 Å². The molecule has 0 atom stereocenters. The highest BCUT2D eigenvalue weighted by atomic mass is 16.1. The summed E-state index contributed by atoms with van der Waals surface area (Å²) in [5.74, 6) is 0.0259. The van der Waals surface area contributed by atoms with Crippen molar-refractivity contribution in [3.8, 4) is 0 Å². The molecular formula is C8H8NO. The highest BCUT2D eigenvalue weighted by Gasteiger charge is 1.97. The molecule has 0 aliphatic carbocycles. The molecule has 0 fully saturated rings. The molecule has 1 radical (unpaired) electrons. The lowest BCUT2D eigenvalue weighted by Crippen LogP contribution is -1.92. The van der Waals surface area contributed by atoms with Crippen LogP contribution in [-0.2, 0) is 0 Å². The maximum atomic E-state index is 10.7. The van der Waals surface area contributed by atoms with Gasteiger partial charge in [0.15, 0.2) is 5.78 Å². The second-order valence-electron chi connectivity index (χ2n) is 2.14. The van der Waals surface area contributed by atoms with Crippen molar-refractivity contribution in [2.45, 2.75) is 6.92 Å². The van der Waals surface area contributed by atoms with Crippen LogP contribution in [0.5, 0.6) is 0 Å². The molecule has 0 spiro atoms. The van der Waals surface area contributed by atoms with Gasteiger partial charge in [0, 0.05) is 18.0 Å². The molecule has 0 unspecified atom stereocenters. The number of ketones is 1. The van der Waals surface area contributed by atoms with Crippen molar-refractivity contribution in [2.24, 2.45) is 0 Å². The smallest absolute Gasteiger partial charge is 0.161 e. The number of hydrogen-bond acceptors (Lipinski definition) is 2. The zero-order valence-electron chi connectivity index (χ0n) is 5.79. The number of pyridine rings is 1. The van der Waals surface area contributed by atoms with Crippen molar-refractivity contribution >= 4 is 5.78 Å². The first-order valence-corrected chi connectivity index (χ1v) is 2.98. The van der Waals surface area contributed by atoms with Gasteiger partial charge in [-0.05, 0) is 25.5 Å². The first-order chi connectivity index (χ1) is 4.70. The minimum Gasteiger partial charge on any atom is -0.294 e. The summed E-state index contributed by atoms with van der Waals surface area (Å²) < 4.78 is 0. The summed E-state index contributed by atoms with van der Waals surface area (Å²) >= 11 is 0. The van der Waals surface area contributed by atoms with Crippen molar-refractivity contribution < 1.29 is 4.79 Å². The zero-order chi connectivity index (χ0) is 7.56. The Bertz CT molecular complexity index is 255. The quantitative estimate of drug-likeness (QED) is 0.544. The fourth-order valence-corrected chi connectivity index (χ4v) is 0.680. The molecule has 0 bridgehead atoms. The van der Waals surface area contributed by atoms with Crippen LogP contribution in [0.2, 0.25) is 0 Å². The van der Waals surface area contributed by atoms with Crippen LogP contribution in [0, 0.1) is 6.92 Å². The van der Waals surface area contributed by atoms with E-state index < -0.39 is 0 Å². The molecule has 10 heavy (non-hydrogen) atoms. The normalized spacial score (nSPS) is 9.40. The van der Waals surface area contributed by atoms with Gasteiger partial charge in [0.1, 0.15) is 0 Å². The van der Waals surface area contributed by atoms with E-state index in [0.717, 1.165) is 5.56 Å². The summed E-state index contributed by atoms with van der Waals surface area (Å²) in [6.45, 7) is 5.16. The van der Waals surface area contributed by atoms with Gasteiger partial charge in [-0.15, -0.1) is 0 Å². The van der Waals surface area contributed by atoms with Crippen LogP contribution < -0.4 is 0 Å². The number of rotatable bonds is 1. The highest BCUT2D eigenvalue weighted by molar-refractivity contribution is 5.93. The molecule has 0 saturated carbocycles. The van der Waals surface area contributed by atoms with E-state index in [0.29, 0.717) is 5.56 Å². The lowest BCUT2D eigenvalue weighted by atomic mass is 10.2. The van der Waals surface area contributed by atoms with Crippen molar-refractivity contribution in [1.29, 1.82) is 0 Å². The molecule has 1 heterocycles. The summed E-state index contributed by atoms with van der Waals surface area (Å²) in [5.41, 5.74) is 1.39. The topological polar surface area (TPSA) is 30.0 Å². The Labute approximate surface area is 59.9 Å². The van der Waals surface area contributed by atoms with Crippen LogP contribution in [0.15, 0.2) is 18.5 Å². The van der Waals surface area contributed by atoms with Gasteiger partial charge in [0.25, 0.3) is 0 Å². The molecule has 0 aromatic carbocycles. The Morgan fingerprint density at radius 1 is 1.60 bits per heavy atom. The Morgan fingerprint density at radius 2 is 2.30 bits per heavy atom. The minimum atomic E-state index is 0.0259. The monoisotopic (exact) mass is 134 g/mol. The van der Waals surface area contributed by atoms with Crippen LogP contribution in [0.1, 0.15) is 22.8 Å². The van der Waals surface area contributed by atoms with Crippen molar-refractivity contribution in [2.75, 3.05) is 0 Å². The molecule has 0 aliphatic heterocycles. The van der Waals surface area contributed by atoms with E-state index in [2.05, 4.69) is 11.9 Å². The van der Waals surface area contributed by atoms with Crippen molar-refractivity contribution in [3.63, 3.8) is 0 Å². The van der Waals surface area contributed by atoms with Crippen LogP contribution in [0.25, 0.3) is 0 Å². The Hall–Kier alpha value is -1.18. The SMILES string of the molecule is [CH2]c1cncc(C(C)=O)c1. The maximum Gasteiger partial charge on any atom is 0.161 e. The van der Waals surface area contributed by atoms with Gasteiger partial charge in [-0.3, -0.25) is 9.78 Å². The zero-order valence-corrected chi connectivity index (χ0v) is 5.79. The largest absolute Gasteiger partial charge is 0.294 e. The molecule has 0 aliphatic rings. The van der Waals surface area contributed by atoms with E-state index >= 15 is 0 Å². The van der Waals surface area contributed by atoms with Gasteiger partial charge < -0.3 is 0 Å². The predicted molar refractivity (Wildman–Crippen MR) is 38.7 cm³/mol. The van der Waals surface area contributed by atoms with Crippen LogP contribution in [-0.4, -0.2) is 10.8 Å². The Kier molecular flexibility index (Phi) is 1.81. The first kappa shape index (κ1) is 6.93. The summed E-state index contributed by atoms with van der Waals surface area (Å²) in [5, 5.41) is 0. The summed E-state index contributed by atoms with van der Waals surface area (Å²) in [7, 11) is 0.